The lowest BCUT2D eigenvalue weighted by Crippen LogP contribution is -2.41. The topological polar surface area (TPSA) is 90.9 Å². The summed E-state index contributed by atoms with van der Waals surface area (Å²) < 4.78 is 15.2. The molecule has 2 aromatic carbocycles. The molecule has 1 N–H and O–H groups in total. The molecule has 0 radical (unpaired) electrons. The molecule has 0 aliphatic carbocycles. The molecule has 2 rings (SSSR count). The van der Waals surface area contributed by atoms with Gasteiger partial charge in [0.15, 0.2) is 12.2 Å². The maximum absolute atomic E-state index is 12.2. The minimum absolute atomic E-state index is 0.355. The van der Waals surface area contributed by atoms with Crippen LogP contribution >= 0.6 is 11.6 Å². The van der Waals surface area contributed by atoms with Crippen molar-refractivity contribution in [3.05, 3.63) is 59.1 Å². The Kier molecular flexibility index (Phi) is 7.00. The van der Waals surface area contributed by atoms with Crippen LogP contribution in [0, 0.1) is 0 Å². The van der Waals surface area contributed by atoms with Gasteiger partial charge in [0.1, 0.15) is 5.75 Å². The SMILES string of the molecule is COC(=O)c1ccc(NC(=O)COC(=O)C(C)(C)Oc2ccc(Cl)cc2)cc1. The number of hydrogen-bond acceptors (Lipinski definition) is 6. The highest BCUT2D eigenvalue weighted by molar-refractivity contribution is 6.30. The Hall–Kier alpha value is -3.06. The lowest BCUT2D eigenvalue weighted by atomic mass is 10.1. The summed E-state index contributed by atoms with van der Waals surface area (Å²) in [5.41, 5.74) is -0.491. The van der Waals surface area contributed by atoms with E-state index >= 15 is 0 Å². The smallest absolute Gasteiger partial charge is 0.350 e. The van der Waals surface area contributed by atoms with E-state index in [1.807, 2.05) is 0 Å². The number of methoxy groups -OCH3 is 1. The van der Waals surface area contributed by atoms with Crippen molar-refractivity contribution >= 4 is 35.1 Å². The summed E-state index contributed by atoms with van der Waals surface area (Å²) in [4.78, 5) is 35.6. The van der Waals surface area contributed by atoms with Gasteiger partial charge in [0, 0.05) is 10.7 Å². The summed E-state index contributed by atoms with van der Waals surface area (Å²) in [6, 6.07) is 12.6. The van der Waals surface area contributed by atoms with Gasteiger partial charge in [-0.05, 0) is 62.4 Å². The number of carbonyl (C=O) groups is 3. The fourth-order valence-corrected chi connectivity index (χ4v) is 2.27. The van der Waals surface area contributed by atoms with Crippen molar-refractivity contribution in [3.63, 3.8) is 0 Å². The molecule has 148 valence electrons. The fraction of sp³-hybridized carbons (Fsp3) is 0.250. The van der Waals surface area contributed by atoms with E-state index in [9.17, 15) is 14.4 Å². The van der Waals surface area contributed by atoms with Crippen LogP contribution in [-0.2, 0) is 19.1 Å². The summed E-state index contributed by atoms with van der Waals surface area (Å²) in [5, 5.41) is 3.11. The summed E-state index contributed by atoms with van der Waals surface area (Å²) in [5.74, 6) is -1.25. The van der Waals surface area contributed by atoms with Crippen molar-refractivity contribution in [3.8, 4) is 5.75 Å². The van der Waals surface area contributed by atoms with Gasteiger partial charge in [-0.25, -0.2) is 9.59 Å². The first kappa shape index (κ1) is 21.2. The molecule has 0 fully saturated rings. The van der Waals surface area contributed by atoms with Gasteiger partial charge in [-0.2, -0.15) is 0 Å². The first-order valence-corrected chi connectivity index (χ1v) is 8.69. The Morgan fingerprint density at radius 2 is 1.61 bits per heavy atom. The van der Waals surface area contributed by atoms with E-state index in [4.69, 9.17) is 21.1 Å². The quantitative estimate of drug-likeness (QED) is 0.709. The molecule has 0 bridgehead atoms. The molecule has 0 aliphatic heterocycles. The lowest BCUT2D eigenvalue weighted by molar-refractivity contribution is -0.161. The first-order valence-electron chi connectivity index (χ1n) is 8.31. The summed E-state index contributed by atoms with van der Waals surface area (Å²) in [6.45, 7) is 2.59. The van der Waals surface area contributed by atoms with E-state index in [2.05, 4.69) is 10.1 Å². The largest absolute Gasteiger partial charge is 0.476 e. The van der Waals surface area contributed by atoms with Gasteiger partial charge < -0.3 is 19.5 Å². The van der Waals surface area contributed by atoms with Crippen molar-refractivity contribution in [2.45, 2.75) is 19.4 Å². The van der Waals surface area contributed by atoms with Crippen molar-refractivity contribution in [2.75, 3.05) is 19.0 Å². The standard InChI is InChI=1S/C20H20ClNO6/c1-20(2,28-16-10-6-14(21)7-11-16)19(25)27-12-17(23)22-15-8-4-13(5-9-15)18(24)26-3/h4-11H,12H2,1-3H3,(H,22,23). The third-order valence-electron chi connectivity index (χ3n) is 3.60. The highest BCUT2D eigenvalue weighted by Crippen LogP contribution is 2.21. The molecule has 1 amide bonds. The van der Waals surface area contributed by atoms with Crippen LogP contribution < -0.4 is 10.1 Å². The number of hydrogen-bond donors (Lipinski definition) is 1. The number of halogens is 1. The third kappa shape index (κ3) is 5.99. The molecule has 0 heterocycles. The van der Waals surface area contributed by atoms with Crippen molar-refractivity contribution in [1.29, 1.82) is 0 Å². The summed E-state index contributed by atoms with van der Waals surface area (Å²) in [6.07, 6.45) is 0. The van der Waals surface area contributed by atoms with Crippen LogP contribution in [0.1, 0.15) is 24.2 Å². The molecule has 0 atom stereocenters. The van der Waals surface area contributed by atoms with Gasteiger partial charge in [0.05, 0.1) is 12.7 Å². The average molecular weight is 406 g/mol. The minimum Gasteiger partial charge on any atom is -0.476 e. The Balaban J connectivity index is 1.86. The maximum atomic E-state index is 12.2. The normalized spacial score (nSPS) is 10.7. The number of ether oxygens (including phenoxy) is 3. The molecule has 0 aromatic heterocycles. The predicted molar refractivity (Wildman–Crippen MR) is 104 cm³/mol. The molecule has 0 unspecified atom stereocenters. The van der Waals surface area contributed by atoms with Crippen LogP contribution in [-0.4, -0.2) is 37.2 Å². The van der Waals surface area contributed by atoms with E-state index in [0.29, 0.717) is 22.0 Å². The Labute approximate surface area is 167 Å². The van der Waals surface area contributed by atoms with E-state index in [-0.39, 0.29) is 0 Å². The fourth-order valence-electron chi connectivity index (χ4n) is 2.15. The van der Waals surface area contributed by atoms with E-state index in [0.717, 1.165) is 0 Å². The number of benzene rings is 2. The number of carbonyl (C=O) groups excluding carboxylic acids is 3. The zero-order valence-corrected chi connectivity index (χ0v) is 16.4. The van der Waals surface area contributed by atoms with Gasteiger partial charge in [-0.3, -0.25) is 4.79 Å². The van der Waals surface area contributed by atoms with Gasteiger partial charge in [0.25, 0.3) is 5.91 Å². The third-order valence-corrected chi connectivity index (χ3v) is 3.85. The van der Waals surface area contributed by atoms with Gasteiger partial charge in [-0.15, -0.1) is 0 Å². The summed E-state index contributed by atoms with van der Waals surface area (Å²) >= 11 is 5.81. The molecule has 7 nitrogen and oxygen atoms in total. The monoisotopic (exact) mass is 405 g/mol. The molecule has 28 heavy (non-hydrogen) atoms. The highest BCUT2D eigenvalue weighted by atomic mass is 35.5. The molecule has 8 heteroatoms. The number of esters is 2. The van der Waals surface area contributed by atoms with Gasteiger partial charge in [0.2, 0.25) is 0 Å². The number of amides is 1. The zero-order chi connectivity index (χ0) is 20.7. The zero-order valence-electron chi connectivity index (χ0n) is 15.7. The number of anilines is 1. The van der Waals surface area contributed by atoms with Crippen LogP contribution in [0.4, 0.5) is 5.69 Å². The molecular formula is C20H20ClNO6. The van der Waals surface area contributed by atoms with E-state index < -0.39 is 30.1 Å². The van der Waals surface area contributed by atoms with Crippen LogP contribution in [0.15, 0.2) is 48.5 Å². The maximum Gasteiger partial charge on any atom is 0.350 e. The number of nitrogens with one attached hydrogen (secondary N) is 1. The lowest BCUT2D eigenvalue weighted by Gasteiger charge is -2.24. The second kappa shape index (κ2) is 9.23. The van der Waals surface area contributed by atoms with Crippen LogP contribution in [0.2, 0.25) is 5.02 Å². The molecule has 0 saturated heterocycles. The Morgan fingerprint density at radius 1 is 1.00 bits per heavy atom. The van der Waals surface area contributed by atoms with Crippen molar-refractivity contribution in [2.24, 2.45) is 0 Å². The Bertz CT molecular complexity index is 846. The second-order valence-corrected chi connectivity index (χ2v) is 6.70. The van der Waals surface area contributed by atoms with Crippen molar-refractivity contribution in [1.82, 2.24) is 0 Å². The van der Waals surface area contributed by atoms with E-state index in [1.165, 1.54) is 33.1 Å². The van der Waals surface area contributed by atoms with Gasteiger partial charge >= 0.3 is 11.9 Å². The van der Waals surface area contributed by atoms with Gasteiger partial charge in [-0.1, -0.05) is 11.6 Å². The molecule has 0 spiro atoms. The van der Waals surface area contributed by atoms with Crippen LogP contribution in [0.3, 0.4) is 0 Å². The molecular weight excluding hydrogens is 386 g/mol. The number of rotatable bonds is 7. The van der Waals surface area contributed by atoms with E-state index in [1.54, 1.807) is 36.4 Å². The predicted octanol–water partition coefficient (Wildman–Crippen LogP) is 3.47. The van der Waals surface area contributed by atoms with Crippen LogP contribution in [0.25, 0.3) is 0 Å². The molecule has 0 aliphatic rings. The minimum atomic E-state index is -1.30. The summed E-state index contributed by atoms with van der Waals surface area (Å²) in [7, 11) is 1.28. The van der Waals surface area contributed by atoms with Crippen LogP contribution in [0.5, 0.6) is 5.75 Å². The highest BCUT2D eigenvalue weighted by Gasteiger charge is 2.32. The average Bonchev–Trinajstić information content (AvgIpc) is 2.67. The second-order valence-electron chi connectivity index (χ2n) is 6.26. The molecule has 0 saturated carbocycles. The first-order chi connectivity index (χ1) is 13.2. The molecule has 2 aromatic rings. The van der Waals surface area contributed by atoms with Crippen molar-refractivity contribution < 1.29 is 28.6 Å². The Morgan fingerprint density at radius 3 is 2.18 bits per heavy atom.